The lowest BCUT2D eigenvalue weighted by Gasteiger charge is -2.14. The zero-order chi connectivity index (χ0) is 28.0. The van der Waals surface area contributed by atoms with Crippen LogP contribution >= 0.6 is 0 Å². The summed E-state index contributed by atoms with van der Waals surface area (Å²) in [5.41, 5.74) is 9.82. The molecule has 3 rings (SSSR count). The van der Waals surface area contributed by atoms with Gasteiger partial charge < -0.3 is 20.4 Å². The van der Waals surface area contributed by atoms with Crippen LogP contribution in [-0.2, 0) is 24.3 Å². The Morgan fingerprint density at radius 3 is 2.23 bits per heavy atom. The SMILES string of the molecule is CCCCCCCCCCC(=O)NCc1ccc(Cn2c(CCCC)nc3c(N)nnc(OC(C)C)c32)cc1. The molecular weight excluding hydrogens is 488 g/mol. The van der Waals surface area contributed by atoms with E-state index in [1.54, 1.807) is 0 Å². The van der Waals surface area contributed by atoms with Crippen LogP contribution < -0.4 is 15.8 Å². The molecule has 0 radical (unpaired) electrons. The molecule has 39 heavy (non-hydrogen) atoms. The topological polar surface area (TPSA) is 108 Å². The van der Waals surface area contributed by atoms with E-state index >= 15 is 0 Å². The van der Waals surface area contributed by atoms with E-state index in [4.69, 9.17) is 15.5 Å². The van der Waals surface area contributed by atoms with E-state index in [1.807, 2.05) is 13.8 Å². The molecule has 0 aliphatic heterocycles. The summed E-state index contributed by atoms with van der Waals surface area (Å²) in [6.07, 6.45) is 13.4. The molecule has 0 fully saturated rings. The molecule has 2 heterocycles. The van der Waals surface area contributed by atoms with Crippen molar-refractivity contribution in [3.05, 3.63) is 41.2 Å². The van der Waals surface area contributed by atoms with Gasteiger partial charge in [0, 0.05) is 25.9 Å². The molecule has 2 aromatic heterocycles. The minimum Gasteiger partial charge on any atom is -0.472 e. The van der Waals surface area contributed by atoms with E-state index in [1.165, 1.54) is 38.5 Å². The molecule has 0 spiro atoms. The average molecular weight is 537 g/mol. The second-order valence-corrected chi connectivity index (χ2v) is 10.8. The fourth-order valence-electron chi connectivity index (χ4n) is 4.74. The summed E-state index contributed by atoms with van der Waals surface area (Å²) >= 11 is 0. The zero-order valence-electron chi connectivity index (χ0n) is 24.5. The van der Waals surface area contributed by atoms with Gasteiger partial charge in [0.25, 0.3) is 5.88 Å². The maximum Gasteiger partial charge on any atom is 0.260 e. The van der Waals surface area contributed by atoms with E-state index in [0.29, 0.717) is 36.7 Å². The van der Waals surface area contributed by atoms with Gasteiger partial charge in [-0.15, -0.1) is 10.2 Å². The Morgan fingerprint density at radius 2 is 1.56 bits per heavy atom. The number of imidazole rings is 1. The molecule has 0 saturated carbocycles. The highest BCUT2D eigenvalue weighted by Crippen LogP contribution is 2.29. The normalized spacial score (nSPS) is 11.4. The Hall–Kier alpha value is -3.16. The fraction of sp³-hybridized carbons (Fsp3) is 0.613. The molecule has 0 bridgehead atoms. The van der Waals surface area contributed by atoms with Crippen LogP contribution in [-0.4, -0.2) is 31.8 Å². The van der Waals surface area contributed by atoms with Gasteiger partial charge in [-0.05, 0) is 37.8 Å². The van der Waals surface area contributed by atoms with Crippen molar-refractivity contribution in [2.75, 3.05) is 5.73 Å². The van der Waals surface area contributed by atoms with Gasteiger partial charge in [-0.2, -0.15) is 0 Å². The molecule has 3 aromatic rings. The average Bonchev–Trinajstić information content (AvgIpc) is 3.29. The summed E-state index contributed by atoms with van der Waals surface area (Å²) in [5.74, 6) is 1.86. The molecule has 0 atom stereocenters. The molecule has 0 saturated heterocycles. The summed E-state index contributed by atoms with van der Waals surface area (Å²) < 4.78 is 8.14. The van der Waals surface area contributed by atoms with E-state index in [0.717, 1.165) is 54.6 Å². The van der Waals surface area contributed by atoms with Crippen molar-refractivity contribution in [2.45, 2.75) is 124 Å². The maximum atomic E-state index is 12.3. The summed E-state index contributed by atoms with van der Waals surface area (Å²) in [7, 11) is 0. The number of hydrogen-bond donors (Lipinski definition) is 2. The smallest absolute Gasteiger partial charge is 0.260 e. The molecule has 3 N–H and O–H groups in total. The van der Waals surface area contributed by atoms with Gasteiger partial charge in [0.15, 0.2) is 5.82 Å². The number of benzene rings is 1. The van der Waals surface area contributed by atoms with Crippen LogP contribution in [0.25, 0.3) is 11.0 Å². The van der Waals surface area contributed by atoms with Crippen molar-refractivity contribution < 1.29 is 9.53 Å². The second kappa shape index (κ2) is 16.1. The van der Waals surface area contributed by atoms with Gasteiger partial charge in [0.2, 0.25) is 5.91 Å². The number of anilines is 1. The van der Waals surface area contributed by atoms with E-state index in [9.17, 15) is 4.79 Å². The molecular formula is C31H48N6O2. The first-order valence-electron chi connectivity index (χ1n) is 14.9. The Balaban J connectivity index is 1.59. The third-order valence-electron chi connectivity index (χ3n) is 6.95. The van der Waals surface area contributed by atoms with Crippen molar-refractivity contribution in [1.29, 1.82) is 0 Å². The molecule has 1 aromatic carbocycles. The van der Waals surface area contributed by atoms with Crippen LogP contribution in [0.4, 0.5) is 5.82 Å². The molecule has 0 aliphatic rings. The van der Waals surface area contributed by atoms with Gasteiger partial charge in [0.1, 0.15) is 16.9 Å². The number of aryl methyl sites for hydroxylation is 1. The van der Waals surface area contributed by atoms with E-state index in [2.05, 4.69) is 58.2 Å². The number of rotatable bonds is 18. The zero-order valence-corrected chi connectivity index (χ0v) is 24.5. The number of nitrogens with zero attached hydrogens (tertiary/aromatic N) is 4. The van der Waals surface area contributed by atoms with E-state index in [-0.39, 0.29) is 12.0 Å². The van der Waals surface area contributed by atoms with Crippen molar-refractivity contribution in [2.24, 2.45) is 0 Å². The number of carbonyl (C=O) groups excluding carboxylic acids is 1. The van der Waals surface area contributed by atoms with Gasteiger partial charge in [-0.3, -0.25) is 4.79 Å². The van der Waals surface area contributed by atoms with Crippen LogP contribution in [0, 0.1) is 0 Å². The molecule has 0 unspecified atom stereocenters. The highest BCUT2D eigenvalue weighted by Gasteiger charge is 2.20. The monoisotopic (exact) mass is 536 g/mol. The maximum absolute atomic E-state index is 12.3. The van der Waals surface area contributed by atoms with Crippen molar-refractivity contribution in [3.63, 3.8) is 0 Å². The highest BCUT2D eigenvalue weighted by atomic mass is 16.5. The number of nitrogens with one attached hydrogen (secondary N) is 1. The van der Waals surface area contributed by atoms with Crippen molar-refractivity contribution in [3.8, 4) is 5.88 Å². The minimum absolute atomic E-state index is 0.0430. The first-order valence-corrected chi connectivity index (χ1v) is 14.9. The number of nitrogens with two attached hydrogens (primary N) is 1. The summed E-state index contributed by atoms with van der Waals surface area (Å²) in [6, 6.07) is 8.37. The predicted octanol–water partition coefficient (Wildman–Crippen LogP) is 6.73. The fourth-order valence-corrected chi connectivity index (χ4v) is 4.74. The van der Waals surface area contributed by atoms with Crippen LogP contribution in [0.15, 0.2) is 24.3 Å². The van der Waals surface area contributed by atoms with Gasteiger partial charge >= 0.3 is 0 Å². The van der Waals surface area contributed by atoms with Crippen LogP contribution in [0.2, 0.25) is 0 Å². The summed E-state index contributed by atoms with van der Waals surface area (Å²) in [4.78, 5) is 17.1. The minimum atomic E-state index is -0.0430. The number of hydrogen-bond acceptors (Lipinski definition) is 6. The van der Waals surface area contributed by atoms with Gasteiger partial charge in [-0.25, -0.2) is 4.98 Å². The van der Waals surface area contributed by atoms with Crippen LogP contribution in [0.1, 0.15) is 115 Å². The number of fused-ring (bicyclic) bond motifs is 1. The van der Waals surface area contributed by atoms with Gasteiger partial charge in [0.05, 0.1) is 6.10 Å². The Morgan fingerprint density at radius 1 is 0.923 bits per heavy atom. The van der Waals surface area contributed by atoms with Crippen LogP contribution in [0.5, 0.6) is 5.88 Å². The third kappa shape index (κ3) is 9.52. The predicted molar refractivity (Wildman–Crippen MR) is 159 cm³/mol. The summed E-state index contributed by atoms with van der Waals surface area (Å²) in [5, 5.41) is 11.4. The highest BCUT2D eigenvalue weighted by molar-refractivity contribution is 5.88. The lowest BCUT2D eigenvalue weighted by Crippen LogP contribution is -2.22. The van der Waals surface area contributed by atoms with Crippen molar-refractivity contribution in [1.82, 2.24) is 25.1 Å². The lowest BCUT2D eigenvalue weighted by atomic mass is 10.1. The first kappa shape index (κ1) is 30.4. The number of nitrogen functional groups attached to an aromatic ring is 1. The Labute approximate surface area is 234 Å². The molecule has 214 valence electrons. The number of amides is 1. The van der Waals surface area contributed by atoms with Gasteiger partial charge in [-0.1, -0.05) is 89.5 Å². The standard InChI is InChI=1S/C31H48N6O2/c1-5-7-9-10-11-12-13-14-16-27(38)33-21-24-17-19-25(20-18-24)22-37-26(15-8-6-2)34-28-29(37)31(39-23(3)4)36-35-30(28)32/h17-20,23H,5-16,21-22H2,1-4H3,(H2,32,35)(H,33,38). The van der Waals surface area contributed by atoms with Crippen molar-refractivity contribution >= 4 is 22.8 Å². The second-order valence-electron chi connectivity index (χ2n) is 10.8. The Kier molecular flexibility index (Phi) is 12.5. The number of ether oxygens (including phenoxy) is 1. The van der Waals surface area contributed by atoms with Crippen LogP contribution in [0.3, 0.4) is 0 Å². The largest absolute Gasteiger partial charge is 0.472 e. The molecule has 8 heteroatoms. The first-order chi connectivity index (χ1) is 18.9. The number of aromatic nitrogens is 4. The summed E-state index contributed by atoms with van der Waals surface area (Å²) in [6.45, 7) is 9.52. The molecule has 1 amide bonds. The third-order valence-corrected chi connectivity index (χ3v) is 6.95. The molecule has 0 aliphatic carbocycles. The van der Waals surface area contributed by atoms with E-state index < -0.39 is 0 Å². The number of carbonyl (C=O) groups is 1. The number of unbranched alkanes of at least 4 members (excludes halogenated alkanes) is 8. The lowest BCUT2D eigenvalue weighted by molar-refractivity contribution is -0.121. The molecule has 8 nitrogen and oxygen atoms in total. The Bertz CT molecular complexity index is 1160. The quantitative estimate of drug-likeness (QED) is 0.174.